The summed E-state index contributed by atoms with van der Waals surface area (Å²) in [5, 5.41) is 7.01. The molecule has 1 amide bonds. The van der Waals surface area contributed by atoms with Crippen LogP contribution in [0.5, 0.6) is 0 Å². The zero-order valence-electron chi connectivity index (χ0n) is 14.5. The fourth-order valence-corrected chi connectivity index (χ4v) is 2.75. The SMILES string of the molecule is Cc1ccc(NC(=O)c2cnn(-c3ccccc3F)c2-n2cccc2)nc1. The van der Waals surface area contributed by atoms with Gasteiger partial charge in [0.15, 0.2) is 5.82 Å². The van der Waals surface area contributed by atoms with Gasteiger partial charge in [-0.1, -0.05) is 18.2 Å². The minimum atomic E-state index is -0.429. The van der Waals surface area contributed by atoms with E-state index in [-0.39, 0.29) is 11.6 Å². The molecule has 0 aliphatic heterocycles. The summed E-state index contributed by atoms with van der Waals surface area (Å²) in [7, 11) is 0. The van der Waals surface area contributed by atoms with Gasteiger partial charge in [0.05, 0.1) is 6.20 Å². The highest BCUT2D eigenvalue weighted by Gasteiger charge is 2.21. The maximum atomic E-state index is 14.3. The number of carbonyl (C=O) groups excluding carboxylic acids is 1. The molecule has 6 nitrogen and oxygen atoms in total. The van der Waals surface area contributed by atoms with Crippen molar-refractivity contribution < 1.29 is 9.18 Å². The molecule has 4 aromatic rings. The Balaban J connectivity index is 1.78. The number of carbonyl (C=O) groups is 1. The molecule has 0 atom stereocenters. The molecular weight excluding hydrogens is 345 g/mol. The van der Waals surface area contributed by atoms with Gasteiger partial charge in [-0.2, -0.15) is 5.10 Å². The van der Waals surface area contributed by atoms with Crippen LogP contribution in [0.4, 0.5) is 10.2 Å². The van der Waals surface area contributed by atoms with Crippen molar-refractivity contribution in [3.05, 3.63) is 90.3 Å². The van der Waals surface area contributed by atoms with Crippen molar-refractivity contribution in [1.29, 1.82) is 0 Å². The molecule has 0 fully saturated rings. The third-order valence-corrected chi connectivity index (χ3v) is 4.07. The van der Waals surface area contributed by atoms with Gasteiger partial charge in [0.25, 0.3) is 5.91 Å². The Morgan fingerprint density at radius 3 is 2.52 bits per heavy atom. The third kappa shape index (κ3) is 3.22. The van der Waals surface area contributed by atoms with Crippen LogP contribution < -0.4 is 5.32 Å². The lowest BCUT2D eigenvalue weighted by Crippen LogP contribution is -2.16. The molecule has 27 heavy (non-hydrogen) atoms. The number of hydrogen-bond donors (Lipinski definition) is 1. The molecule has 134 valence electrons. The Labute approximate surface area is 154 Å². The van der Waals surface area contributed by atoms with Crippen LogP contribution in [0, 0.1) is 12.7 Å². The van der Waals surface area contributed by atoms with Crippen LogP contribution in [0.25, 0.3) is 11.5 Å². The van der Waals surface area contributed by atoms with Gasteiger partial charge in [0, 0.05) is 18.6 Å². The Kier molecular flexibility index (Phi) is 4.25. The number of benzene rings is 1. The number of anilines is 1. The number of halogens is 1. The van der Waals surface area contributed by atoms with Gasteiger partial charge in [-0.25, -0.2) is 14.1 Å². The lowest BCUT2D eigenvalue weighted by Gasteiger charge is -2.11. The summed E-state index contributed by atoms with van der Waals surface area (Å²) < 4.78 is 17.4. The number of rotatable bonds is 4. The van der Waals surface area contributed by atoms with Gasteiger partial charge in [-0.3, -0.25) is 4.79 Å². The zero-order chi connectivity index (χ0) is 18.8. The van der Waals surface area contributed by atoms with Crippen molar-refractivity contribution in [2.45, 2.75) is 6.92 Å². The van der Waals surface area contributed by atoms with Crippen molar-refractivity contribution in [1.82, 2.24) is 19.3 Å². The summed E-state index contributed by atoms with van der Waals surface area (Å²) in [6, 6.07) is 13.5. The molecule has 1 aromatic carbocycles. The van der Waals surface area contributed by atoms with E-state index in [9.17, 15) is 9.18 Å². The lowest BCUT2D eigenvalue weighted by molar-refractivity contribution is 0.102. The van der Waals surface area contributed by atoms with Crippen molar-refractivity contribution in [3.8, 4) is 11.5 Å². The topological polar surface area (TPSA) is 64.7 Å². The number of aryl methyl sites for hydroxylation is 1. The van der Waals surface area contributed by atoms with Gasteiger partial charge < -0.3 is 9.88 Å². The number of amides is 1. The Hall–Kier alpha value is -3.74. The number of hydrogen-bond acceptors (Lipinski definition) is 3. The minimum absolute atomic E-state index is 0.258. The Morgan fingerprint density at radius 1 is 1.04 bits per heavy atom. The molecule has 3 aromatic heterocycles. The van der Waals surface area contributed by atoms with E-state index in [1.54, 1.807) is 47.4 Å². The highest BCUT2D eigenvalue weighted by atomic mass is 19.1. The number of para-hydroxylation sites is 1. The molecule has 0 aliphatic carbocycles. The van der Waals surface area contributed by atoms with E-state index in [4.69, 9.17) is 0 Å². The highest BCUT2D eigenvalue weighted by molar-refractivity contribution is 6.06. The smallest absolute Gasteiger partial charge is 0.262 e. The average Bonchev–Trinajstić information content (AvgIpc) is 3.33. The fourth-order valence-electron chi connectivity index (χ4n) is 2.75. The van der Waals surface area contributed by atoms with Crippen LogP contribution >= 0.6 is 0 Å². The van der Waals surface area contributed by atoms with E-state index in [1.807, 2.05) is 25.1 Å². The van der Waals surface area contributed by atoms with Gasteiger partial charge in [0.1, 0.15) is 22.9 Å². The maximum absolute atomic E-state index is 14.3. The number of pyridine rings is 1. The predicted octanol–water partition coefficient (Wildman–Crippen LogP) is 3.76. The van der Waals surface area contributed by atoms with Crippen molar-refractivity contribution >= 4 is 11.7 Å². The number of aromatic nitrogens is 4. The molecule has 0 spiro atoms. The summed E-state index contributed by atoms with van der Waals surface area (Å²) in [6.07, 6.45) is 6.64. The van der Waals surface area contributed by atoms with E-state index in [0.717, 1.165) is 5.56 Å². The molecule has 7 heteroatoms. The Morgan fingerprint density at radius 2 is 1.81 bits per heavy atom. The molecule has 1 N–H and O–H groups in total. The number of nitrogens with zero attached hydrogens (tertiary/aromatic N) is 4. The van der Waals surface area contributed by atoms with Crippen LogP contribution in [-0.4, -0.2) is 25.2 Å². The minimum Gasteiger partial charge on any atom is -0.308 e. The normalized spacial score (nSPS) is 10.7. The molecule has 3 heterocycles. The summed E-state index contributed by atoms with van der Waals surface area (Å²) in [6.45, 7) is 1.92. The van der Waals surface area contributed by atoms with E-state index < -0.39 is 5.82 Å². The molecule has 4 rings (SSSR count). The standard InChI is InChI=1S/C20H16FN5O/c1-14-8-9-18(22-12-14)24-19(27)15-13-23-26(17-7-3-2-6-16(17)21)20(15)25-10-4-5-11-25/h2-13H,1H3,(H,22,24,27). The second kappa shape index (κ2) is 6.87. The lowest BCUT2D eigenvalue weighted by atomic mass is 10.2. The largest absolute Gasteiger partial charge is 0.308 e. The van der Waals surface area contributed by atoms with Gasteiger partial charge in [-0.05, 0) is 42.8 Å². The van der Waals surface area contributed by atoms with Crippen LogP contribution in [-0.2, 0) is 0 Å². The van der Waals surface area contributed by atoms with E-state index in [2.05, 4.69) is 15.4 Å². The van der Waals surface area contributed by atoms with Crippen LogP contribution in [0.2, 0.25) is 0 Å². The second-order valence-corrected chi connectivity index (χ2v) is 6.01. The first-order valence-electron chi connectivity index (χ1n) is 8.34. The molecule has 0 bridgehead atoms. The number of nitrogens with one attached hydrogen (secondary N) is 1. The summed E-state index contributed by atoms with van der Waals surface area (Å²) >= 11 is 0. The zero-order valence-corrected chi connectivity index (χ0v) is 14.5. The molecule has 0 unspecified atom stereocenters. The first kappa shape index (κ1) is 16.7. The van der Waals surface area contributed by atoms with Gasteiger partial charge in [-0.15, -0.1) is 0 Å². The average molecular weight is 361 g/mol. The molecule has 0 saturated carbocycles. The van der Waals surface area contributed by atoms with E-state index in [0.29, 0.717) is 17.2 Å². The Bertz CT molecular complexity index is 1080. The molecule has 0 radical (unpaired) electrons. The first-order chi connectivity index (χ1) is 13.1. The van der Waals surface area contributed by atoms with Crippen molar-refractivity contribution in [2.24, 2.45) is 0 Å². The van der Waals surface area contributed by atoms with Gasteiger partial charge in [0.2, 0.25) is 0 Å². The van der Waals surface area contributed by atoms with E-state index >= 15 is 0 Å². The predicted molar refractivity (Wildman–Crippen MR) is 99.8 cm³/mol. The van der Waals surface area contributed by atoms with Crippen LogP contribution in [0.1, 0.15) is 15.9 Å². The maximum Gasteiger partial charge on any atom is 0.262 e. The van der Waals surface area contributed by atoms with E-state index in [1.165, 1.54) is 16.9 Å². The third-order valence-electron chi connectivity index (χ3n) is 4.07. The molecule has 0 aliphatic rings. The first-order valence-corrected chi connectivity index (χ1v) is 8.34. The summed E-state index contributed by atoms with van der Waals surface area (Å²) in [5.74, 6) is 0.0659. The molecule has 0 saturated heterocycles. The second-order valence-electron chi connectivity index (χ2n) is 6.01. The fraction of sp³-hybridized carbons (Fsp3) is 0.0500. The van der Waals surface area contributed by atoms with Gasteiger partial charge >= 0.3 is 0 Å². The van der Waals surface area contributed by atoms with Crippen molar-refractivity contribution in [2.75, 3.05) is 5.32 Å². The van der Waals surface area contributed by atoms with Crippen molar-refractivity contribution in [3.63, 3.8) is 0 Å². The highest BCUT2D eigenvalue weighted by Crippen LogP contribution is 2.22. The molecular formula is C20H16FN5O. The summed E-state index contributed by atoms with van der Waals surface area (Å²) in [5.41, 5.74) is 1.55. The monoisotopic (exact) mass is 361 g/mol. The quantitative estimate of drug-likeness (QED) is 0.602. The summed E-state index contributed by atoms with van der Waals surface area (Å²) in [4.78, 5) is 17.0. The van der Waals surface area contributed by atoms with Crippen LogP contribution in [0.3, 0.4) is 0 Å². The van der Waals surface area contributed by atoms with Crippen LogP contribution in [0.15, 0.2) is 73.3 Å².